The molecule has 4 fully saturated rings. The third-order valence-electron chi connectivity index (χ3n) is 6.62. The van der Waals surface area contributed by atoms with E-state index in [1.165, 1.54) is 12.8 Å². The second-order valence-corrected chi connectivity index (χ2v) is 7.85. The highest BCUT2D eigenvalue weighted by atomic mass is 14.6. The Morgan fingerprint density at radius 1 is 1.06 bits per heavy atom. The van der Waals surface area contributed by atoms with Gasteiger partial charge in [-0.25, -0.2) is 0 Å². The van der Waals surface area contributed by atoms with Crippen molar-refractivity contribution < 1.29 is 0 Å². The quantitative estimate of drug-likeness (QED) is 0.776. The van der Waals surface area contributed by atoms with Crippen LogP contribution in [0.5, 0.6) is 0 Å². The summed E-state index contributed by atoms with van der Waals surface area (Å²) < 4.78 is 0. The van der Waals surface area contributed by atoms with Gasteiger partial charge in [-0.05, 0) is 86.5 Å². The van der Waals surface area contributed by atoms with Crippen molar-refractivity contribution in [3.63, 3.8) is 0 Å². The molecule has 104 valence electrons. The Labute approximate surface area is 113 Å². The summed E-state index contributed by atoms with van der Waals surface area (Å²) in [5.41, 5.74) is 6.55. The Morgan fingerprint density at radius 2 is 1.56 bits per heavy atom. The van der Waals surface area contributed by atoms with E-state index in [2.05, 4.69) is 13.8 Å². The average Bonchev–Trinajstić information content (AvgIpc) is 2.27. The first-order valence-corrected chi connectivity index (χ1v) is 8.37. The van der Waals surface area contributed by atoms with E-state index in [-0.39, 0.29) is 0 Å². The van der Waals surface area contributed by atoms with Crippen LogP contribution in [0.15, 0.2) is 0 Å². The molecule has 1 nitrogen and oxygen atoms in total. The molecule has 2 unspecified atom stereocenters. The highest BCUT2D eigenvalue weighted by Gasteiger charge is 2.54. The number of hydrogen-bond acceptors (Lipinski definition) is 1. The van der Waals surface area contributed by atoms with Gasteiger partial charge in [-0.15, -0.1) is 0 Å². The molecule has 4 aliphatic rings. The molecular formula is C17H31N. The number of rotatable bonds is 5. The van der Waals surface area contributed by atoms with Crippen LogP contribution in [0.2, 0.25) is 0 Å². The predicted molar refractivity (Wildman–Crippen MR) is 77.2 cm³/mol. The molecule has 4 bridgehead atoms. The fraction of sp³-hybridized carbons (Fsp3) is 1.00. The van der Waals surface area contributed by atoms with Crippen LogP contribution in [0.1, 0.15) is 65.2 Å². The van der Waals surface area contributed by atoms with Crippen molar-refractivity contribution in [3.8, 4) is 0 Å². The fourth-order valence-corrected chi connectivity index (χ4v) is 6.53. The molecule has 0 saturated heterocycles. The Bertz CT molecular complexity index is 261. The minimum atomic E-state index is 0.734. The second-order valence-electron chi connectivity index (χ2n) is 7.85. The summed E-state index contributed by atoms with van der Waals surface area (Å²) in [5, 5.41) is 0. The van der Waals surface area contributed by atoms with Gasteiger partial charge < -0.3 is 5.73 Å². The Morgan fingerprint density at radius 3 is 1.94 bits per heavy atom. The van der Waals surface area contributed by atoms with Gasteiger partial charge in [0.15, 0.2) is 0 Å². The zero-order valence-electron chi connectivity index (χ0n) is 12.3. The van der Waals surface area contributed by atoms with Crippen molar-refractivity contribution in [2.45, 2.75) is 65.2 Å². The molecule has 4 rings (SSSR count). The topological polar surface area (TPSA) is 26.0 Å². The maximum atomic E-state index is 5.81. The number of nitrogens with two attached hydrogens (primary N) is 1. The van der Waals surface area contributed by atoms with E-state index in [1.807, 2.05) is 0 Å². The lowest BCUT2D eigenvalue weighted by Crippen LogP contribution is -2.50. The van der Waals surface area contributed by atoms with Crippen LogP contribution < -0.4 is 5.73 Å². The monoisotopic (exact) mass is 249 g/mol. The first-order valence-electron chi connectivity index (χ1n) is 8.37. The molecule has 0 heterocycles. The van der Waals surface area contributed by atoms with Crippen molar-refractivity contribution in [2.24, 2.45) is 40.7 Å². The van der Waals surface area contributed by atoms with E-state index in [4.69, 9.17) is 5.73 Å². The molecule has 0 aromatic rings. The first kappa shape index (κ1) is 13.0. The molecule has 0 spiro atoms. The van der Waals surface area contributed by atoms with Gasteiger partial charge in [0.1, 0.15) is 0 Å². The van der Waals surface area contributed by atoms with E-state index < -0.39 is 0 Å². The third-order valence-corrected chi connectivity index (χ3v) is 6.62. The smallest absolute Gasteiger partial charge is 0.00746 e. The molecule has 0 amide bonds. The second kappa shape index (κ2) is 4.81. The van der Waals surface area contributed by atoms with Crippen LogP contribution >= 0.6 is 0 Å². The minimum absolute atomic E-state index is 0.734. The zero-order valence-corrected chi connectivity index (χ0v) is 12.3. The predicted octanol–water partition coefficient (Wildman–Crippen LogP) is 4.21. The van der Waals surface area contributed by atoms with E-state index in [0.29, 0.717) is 0 Å². The fourth-order valence-electron chi connectivity index (χ4n) is 6.53. The lowest BCUT2D eigenvalue weighted by atomic mass is 9.45. The lowest BCUT2D eigenvalue weighted by Gasteiger charge is -2.60. The lowest BCUT2D eigenvalue weighted by molar-refractivity contribution is -0.101. The maximum absolute atomic E-state index is 5.81. The largest absolute Gasteiger partial charge is 0.330 e. The van der Waals surface area contributed by atoms with E-state index in [0.717, 1.165) is 41.5 Å². The van der Waals surface area contributed by atoms with Gasteiger partial charge in [-0.1, -0.05) is 20.3 Å². The average molecular weight is 249 g/mol. The Hall–Kier alpha value is -0.0400. The molecule has 2 N–H and O–H groups in total. The van der Waals surface area contributed by atoms with Gasteiger partial charge in [0.05, 0.1) is 0 Å². The molecule has 1 heteroatoms. The first-order chi connectivity index (χ1) is 8.66. The van der Waals surface area contributed by atoms with E-state index in [9.17, 15) is 0 Å². The van der Waals surface area contributed by atoms with Gasteiger partial charge in [-0.2, -0.15) is 0 Å². The standard InChI is InChI=1S/C17H31N/c1-3-16(12(2)4-5-18)17-9-13-6-14(10-17)8-15(7-13)11-17/h12-16H,3-11,18H2,1-2H3. The minimum Gasteiger partial charge on any atom is -0.330 e. The molecule has 0 aromatic heterocycles. The summed E-state index contributed by atoms with van der Waals surface area (Å²) in [7, 11) is 0. The number of hydrogen-bond donors (Lipinski definition) is 1. The van der Waals surface area contributed by atoms with Crippen molar-refractivity contribution in [1.82, 2.24) is 0 Å². The highest BCUT2D eigenvalue weighted by Crippen LogP contribution is 2.64. The van der Waals surface area contributed by atoms with E-state index in [1.54, 1.807) is 38.5 Å². The van der Waals surface area contributed by atoms with Crippen molar-refractivity contribution in [2.75, 3.05) is 6.54 Å². The summed E-state index contributed by atoms with van der Waals surface area (Å²) in [4.78, 5) is 0. The molecule has 0 radical (unpaired) electrons. The van der Waals surface area contributed by atoms with Crippen molar-refractivity contribution in [3.05, 3.63) is 0 Å². The zero-order chi connectivity index (χ0) is 12.8. The van der Waals surface area contributed by atoms with Gasteiger partial charge in [-0.3, -0.25) is 0 Å². The highest BCUT2D eigenvalue weighted by molar-refractivity contribution is 5.04. The maximum Gasteiger partial charge on any atom is -0.00746 e. The molecule has 0 aliphatic heterocycles. The molecular weight excluding hydrogens is 218 g/mol. The summed E-state index contributed by atoms with van der Waals surface area (Å²) in [6.07, 6.45) is 12.0. The van der Waals surface area contributed by atoms with Crippen LogP contribution in [-0.2, 0) is 0 Å². The summed E-state index contributed by atoms with van der Waals surface area (Å²) >= 11 is 0. The molecule has 18 heavy (non-hydrogen) atoms. The van der Waals surface area contributed by atoms with E-state index >= 15 is 0 Å². The van der Waals surface area contributed by atoms with Crippen LogP contribution in [0.3, 0.4) is 0 Å². The van der Waals surface area contributed by atoms with Crippen LogP contribution in [-0.4, -0.2) is 6.54 Å². The summed E-state index contributed by atoms with van der Waals surface area (Å²) in [5.74, 6) is 5.08. The Balaban J connectivity index is 1.80. The molecule has 4 aliphatic carbocycles. The summed E-state index contributed by atoms with van der Waals surface area (Å²) in [6.45, 7) is 5.78. The Kier molecular flexibility index (Phi) is 3.47. The normalized spacial score (nSPS) is 45.2. The molecule has 2 atom stereocenters. The van der Waals surface area contributed by atoms with Gasteiger partial charge in [0.25, 0.3) is 0 Å². The molecule has 4 saturated carbocycles. The third kappa shape index (κ3) is 2.03. The summed E-state index contributed by atoms with van der Waals surface area (Å²) in [6, 6.07) is 0. The van der Waals surface area contributed by atoms with Crippen LogP contribution in [0.4, 0.5) is 0 Å². The van der Waals surface area contributed by atoms with Gasteiger partial charge in [0, 0.05) is 0 Å². The van der Waals surface area contributed by atoms with Crippen molar-refractivity contribution in [1.29, 1.82) is 0 Å². The van der Waals surface area contributed by atoms with Crippen LogP contribution in [0.25, 0.3) is 0 Å². The SMILES string of the molecule is CCC(C(C)CCN)C12CC3CC(CC(C3)C1)C2. The van der Waals surface area contributed by atoms with Gasteiger partial charge >= 0.3 is 0 Å². The van der Waals surface area contributed by atoms with Gasteiger partial charge in [0.2, 0.25) is 0 Å². The molecule has 0 aromatic carbocycles. The van der Waals surface area contributed by atoms with Crippen molar-refractivity contribution >= 4 is 0 Å². The van der Waals surface area contributed by atoms with Crippen LogP contribution in [0, 0.1) is 35.0 Å².